The van der Waals surface area contributed by atoms with Crippen LogP contribution in [0.1, 0.15) is 22.8 Å². The number of nitrogens with one attached hydrogen (secondary N) is 1. The lowest BCUT2D eigenvalue weighted by atomic mass is 10.3. The Morgan fingerprint density at radius 1 is 1.27 bits per heavy atom. The summed E-state index contributed by atoms with van der Waals surface area (Å²) in [4.78, 5) is 26.3. The lowest BCUT2D eigenvalue weighted by Gasteiger charge is -2.15. The first-order valence-corrected chi connectivity index (χ1v) is 7.19. The fourth-order valence-electron chi connectivity index (χ4n) is 2.47. The molecule has 3 aromatic heterocycles. The number of fused-ring (bicyclic) bond motifs is 1. The van der Waals surface area contributed by atoms with Crippen molar-refractivity contribution in [1.29, 1.82) is 0 Å². The maximum Gasteiger partial charge on any atom is 0.258 e. The second-order valence-corrected chi connectivity index (χ2v) is 5.70. The fraction of sp³-hybridized carbons (Fsp3) is 0.312. The molecule has 0 bridgehead atoms. The number of imidazole rings is 1. The summed E-state index contributed by atoms with van der Waals surface area (Å²) in [5.74, 6) is 0.911. The van der Waals surface area contributed by atoms with E-state index in [0.717, 1.165) is 22.8 Å². The minimum Gasteiger partial charge on any atom is -0.345 e. The van der Waals surface area contributed by atoms with Crippen molar-refractivity contribution in [2.75, 3.05) is 7.05 Å². The molecule has 0 aliphatic carbocycles. The number of nitrogens with zero attached hydrogens (tertiary/aromatic N) is 4. The van der Waals surface area contributed by atoms with Crippen LogP contribution in [0.4, 0.5) is 0 Å². The number of rotatable bonds is 4. The van der Waals surface area contributed by atoms with Crippen molar-refractivity contribution in [1.82, 2.24) is 24.3 Å². The van der Waals surface area contributed by atoms with Crippen LogP contribution >= 0.6 is 0 Å². The Balaban J connectivity index is 1.82. The zero-order valence-corrected chi connectivity index (χ0v) is 13.0. The lowest BCUT2D eigenvalue weighted by Crippen LogP contribution is -2.22. The highest BCUT2D eigenvalue weighted by Gasteiger charge is 2.08. The molecule has 0 aliphatic heterocycles. The van der Waals surface area contributed by atoms with E-state index in [1.165, 1.54) is 0 Å². The van der Waals surface area contributed by atoms with E-state index < -0.39 is 0 Å². The van der Waals surface area contributed by atoms with Gasteiger partial charge in [0, 0.05) is 30.7 Å². The number of aromatic amines is 1. The minimum atomic E-state index is -0.0535. The van der Waals surface area contributed by atoms with Crippen LogP contribution in [0, 0.1) is 13.8 Å². The zero-order valence-electron chi connectivity index (χ0n) is 13.0. The Morgan fingerprint density at radius 2 is 2.09 bits per heavy atom. The predicted octanol–water partition coefficient (Wildman–Crippen LogP) is 1.67. The number of aryl methyl sites for hydroxylation is 2. The van der Waals surface area contributed by atoms with Gasteiger partial charge >= 0.3 is 0 Å². The normalized spacial score (nSPS) is 11.5. The molecule has 0 atom stereocenters. The molecule has 0 saturated carbocycles. The van der Waals surface area contributed by atoms with Gasteiger partial charge in [0.25, 0.3) is 5.56 Å². The monoisotopic (exact) mass is 297 g/mol. The van der Waals surface area contributed by atoms with Gasteiger partial charge in [0.2, 0.25) is 0 Å². The van der Waals surface area contributed by atoms with E-state index in [4.69, 9.17) is 0 Å². The molecular formula is C16H19N5O. The smallest absolute Gasteiger partial charge is 0.258 e. The summed E-state index contributed by atoms with van der Waals surface area (Å²) in [6.07, 6.45) is 3.58. The topological polar surface area (TPSA) is 66.3 Å². The van der Waals surface area contributed by atoms with Crippen molar-refractivity contribution in [3.63, 3.8) is 0 Å². The number of H-pyrrole nitrogens is 1. The van der Waals surface area contributed by atoms with Crippen molar-refractivity contribution in [2.45, 2.75) is 26.9 Å². The van der Waals surface area contributed by atoms with Crippen molar-refractivity contribution >= 4 is 5.65 Å². The summed E-state index contributed by atoms with van der Waals surface area (Å²) < 4.78 is 1.56. The lowest BCUT2D eigenvalue weighted by molar-refractivity contribution is 0.307. The molecule has 0 aromatic carbocycles. The fourth-order valence-corrected chi connectivity index (χ4v) is 2.47. The van der Waals surface area contributed by atoms with Crippen LogP contribution in [0.3, 0.4) is 0 Å². The third kappa shape index (κ3) is 3.07. The van der Waals surface area contributed by atoms with Crippen LogP contribution in [0.25, 0.3) is 5.65 Å². The summed E-state index contributed by atoms with van der Waals surface area (Å²) >= 11 is 0. The van der Waals surface area contributed by atoms with Crippen molar-refractivity contribution in [2.24, 2.45) is 0 Å². The maximum absolute atomic E-state index is 12.1. The molecule has 114 valence electrons. The third-order valence-electron chi connectivity index (χ3n) is 3.48. The first-order chi connectivity index (χ1) is 10.5. The van der Waals surface area contributed by atoms with Crippen LogP contribution in [-0.2, 0) is 13.1 Å². The number of hydrogen-bond donors (Lipinski definition) is 1. The van der Waals surface area contributed by atoms with E-state index in [-0.39, 0.29) is 5.56 Å². The Labute approximate surface area is 128 Å². The first kappa shape index (κ1) is 14.5. The van der Waals surface area contributed by atoms with Gasteiger partial charge < -0.3 is 4.98 Å². The van der Waals surface area contributed by atoms with Gasteiger partial charge in [-0.05, 0) is 38.6 Å². The van der Waals surface area contributed by atoms with Crippen molar-refractivity contribution in [3.8, 4) is 0 Å². The molecule has 22 heavy (non-hydrogen) atoms. The molecule has 0 aliphatic rings. The molecular weight excluding hydrogens is 278 g/mol. The molecule has 0 spiro atoms. The van der Waals surface area contributed by atoms with E-state index in [0.29, 0.717) is 18.7 Å². The van der Waals surface area contributed by atoms with Crippen LogP contribution in [0.5, 0.6) is 0 Å². The van der Waals surface area contributed by atoms with Gasteiger partial charge in [-0.25, -0.2) is 9.97 Å². The van der Waals surface area contributed by atoms with Crippen LogP contribution in [0.15, 0.2) is 35.4 Å². The first-order valence-electron chi connectivity index (χ1n) is 7.19. The summed E-state index contributed by atoms with van der Waals surface area (Å²) in [5, 5.41) is 0. The highest BCUT2D eigenvalue weighted by molar-refractivity contribution is 5.41. The van der Waals surface area contributed by atoms with Gasteiger partial charge in [-0.3, -0.25) is 14.1 Å². The van der Waals surface area contributed by atoms with Gasteiger partial charge in [0.05, 0.1) is 12.2 Å². The maximum atomic E-state index is 12.1. The van der Waals surface area contributed by atoms with Gasteiger partial charge in [0.15, 0.2) is 0 Å². The highest BCUT2D eigenvalue weighted by Crippen LogP contribution is 2.06. The van der Waals surface area contributed by atoms with Gasteiger partial charge in [0.1, 0.15) is 11.5 Å². The SMILES string of the molecule is Cc1ccn2c(=O)cc(CN(C)Cc3ncc(C)[nH]3)nc2c1. The molecule has 0 saturated heterocycles. The standard InChI is InChI=1S/C16H19N5O/c1-11-4-5-21-15(6-11)19-13(7-16(21)22)9-20(3)10-14-17-8-12(2)18-14/h4-8H,9-10H2,1-3H3,(H,17,18). The zero-order chi connectivity index (χ0) is 15.7. The average Bonchev–Trinajstić information content (AvgIpc) is 2.83. The summed E-state index contributed by atoms with van der Waals surface area (Å²) in [6.45, 7) is 5.25. The van der Waals surface area contributed by atoms with Crippen molar-refractivity contribution < 1.29 is 0 Å². The molecule has 1 N–H and O–H groups in total. The number of aromatic nitrogens is 4. The molecule has 0 radical (unpaired) electrons. The van der Waals surface area contributed by atoms with Crippen LogP contribution in [-0.4, -0.2) is 31.3 Å². The second-order valence-electron chi connectivity index (χ2n) is 5.70. The number of hydrogen-bond acceptors (Lipinski definition) is 4. The van der Waals surface area contributed by atoms with Gasteiger partial charge in [-0.2, -0.15) is 0 Å². The Kier molecular flexibility index (Phi) is 3.77. The van der Waals surface area contributed by atoms with E-state index >= 15 is 0 Å². The molecule has 0 fully saturated rings. The van der Waals surface area contributed by atoms with E-state index in [1.807, 2.05) is 39.2 Å². The van der Waals surface area contributed by atoms with E-state index in [9.17, 15) is 4.79 Å². The van der Waals surface area contributed by atoms with Gasteiger partial charge in [-0.15, -0.1) is 0 Å². The summed E-state index contributed by atoms with van der Waals surface area (Å²) in [7, 11) is 1.98. The second kappa shape index (κ2) is 5.73. The van der Waals surface area contributed by atoms with E-state index in [1.54, 1.807) is 16.7 Å². The summed E-state index contributed by atoms with van der Waals surface area (Å²) in [6, 6.07) is 5.41. The Bertz CT molecular complexity index is 864. The highest BCUT2D eigenvalue weighted by atomic mass is 16.1. The third-order valence-corrected chi connectivity index (χ3v) is 3.48. The minimum absolute atomic E-state index is 0.0535. The molecule has 0 amide bonds. The molecule has 6 nitrogen and oxygen atoms in total. The Morgan fingerprint density at radius 3 is 2.82 bits per heavy atom. The summed E-state index contributed by atoms with van der Waals surface area (Å²) in [5.41, 5.74) is 3.53. The number of pyridine rings is 1. The molecule has 6 heteroatoms. The molecule has 3 rings (SSSR count). The van der Waals surface area contributed by atoms with Crippen LogP contribution in [0.2, 0.25) is 0 Å². The average molecular weight is 297 g/mol. The molecule has 3 heterocycles. The molecule has 0 unspecified atom stereocenters. The van der Waals surface area contributed by atoms with Crippen LogP contribution < -0.4 is 5.56 Å². The Hall–Kier alpha value is -2.47. The van der Waals surface area contributed by atoms with Crippen molar-refractivity contribution in [3.05, 3.63) is 63.7 Å². The van der Waals surface area contributed by atoms with E-state index in [2.05, 4.69) is 19.9 Å². The quantitative estimate of drug-likeness (QED) is 0.795. The van der Waals surface area contributed by atoms with Gasteiger partial charge in [-0.1, -0.05) is 0 Å². The largest absolute Gasteiger partial charge is 0.345 e. The molecule has 3 aromatic rings. The predicted molar refractivity (Wildman–Crippen MR) is 84.7 cm³/mol.